The molecule has 1 aromatic heterocycles. The lowest BCUT2D eigenvalue weighted by Crippen LogP contribution is -2.02. The highest BCUT2D eigenvalue weighted by Gasteiger charge is 2.14. The number of nitrogen functional groups attached to an aromatic ring is 1. The van der Waals surface area contributed by atoms with Crippen molar-refractivity contribution in [2.75, 3.05) is 5.73 Å². The predicted octanol–water partition coefficient (Wildman–Crippen LogP) is 2.71. The van der Waals surface area contributed by atoms with Crippen molar-refractivity contribution in [2.24, 2.45) is 0 Å². The molecule has 0 atom stereocenters. The zero-order valence-electron chi connectivity index (χ0n) is 10.0. The van der Waals surface area contributed by atoms with Gasteiger partial charge in [-0.3, -0.25) is 0 Å². The number of aromatic nitrogens is 2. The molecule has 2 N–H and O–H groups in total. The Kier molecular flexibility index (Phi) is 3.68. The van der Waals surface area contributed by atoms with E-state index in [1.165, 1.54) is 0 Å². The van der Waals surface area contributed by atoms with Crippen LogP contribution in [-0.2, 0) is 13.0 Å². The Morgan fingerprint density at radius 3 is 2.89 bits per heavy atom. The van der Waals surface area contributed by atoms with Crippen molar-refractivity contribution in [3.05, 3.63) is 45.6 Å². The molecule has 4 nitrogen and oxygen atoms in total. The fourth-order valence-corrected chi connectivity index (χ4v) is 2.30. The molecule has 0 radical (unpaired) electrons. The van der Waals surface area contributed by atoms with Gasteiger partial charge >= 0.3 is 0 Å². The highest BCUT2D eigenvalue weighted by molar-refractivity contribution is 9.10. The van der Waals surface area contributed by atoms with E-state index in [4.69, 9.17) is 11.0 Å². The van der Waals surface area contributed by atoms with Crippen LogP contribution in [0.3, 0.4) is 0 Å². The molecule has 0 unspecified atom stereocenters. The van der Waals surface area contributed by atoms with Crippen molar-refractivity contribution in [3.8, 4) is 6.07 Å². The van der Waals surface area contributed by atoms with E-state index >= 15 is 0 Å². The summed E-state index contributed by atoms with van der Waals surface area (Å²) < 4.78 is 2.67. The van der Waals surface area contributed by atoms with Gasteiger partial charge in [-0.15, -0.1) is 0 Å². The van der Waals surface area contributed by atoms with Crippen molar-refractivity contribution in [1.82, 2.24) is 9.78 Å². The minimum Gasteiger partial charge on any atom is -0.383 e. The Labute approximate surface area is 114 Å². The molecule has 0 bridgehead atoms. The number of rotatable bonds is 3. The van der Waals surface area contributed by atoms with Crippen LogP contribution in [0, 0.1) is 11.3 Å². The summed E-state index contributed by atoms with van der Waals surface area (Å²) >= 11 is 3.43. The van der Waals surface area contributed by atoms with Gasteiger partial charge in [-0.25, -0.2) is 4.68 Å². The monoisotopic (exact) mass is 304 g/mol. The largest absolute Gasteiger partial charge is 0.383 e. The molecule has 92 valence electrons. The van der Waals surface area contributed by atoms with Crippen molar-refractivity contribution in [1.29, 1.82) is 5.26 Å². The van der Waals surface area contributed by atoms with E-state index in [0.717, 1.165) is 15.7 Å². The van der Waals surface area contributed by atoms with E-state index in [0.29, 0.717) is 24.3 Å². The number of nitrogens with zero attached hydrogens (tertiary/aromatic N) is 3. The number of anilines is 1. The van der Waals surface area contributed by atoms with Crippen LogP contribution >= 0.6 is 15.9 Å². The van der Waals surface area contributed by atoms with Gasteiger partial charge in [0.2, 0.25) is 0 Å². The lowest BCUT2D eigenvalue weighted by molar-refractivity contribution is 0.659. The van der Waals surface area contributed by atoms with E-state index in [-0.39, 0.29) is 0 Å². The van der Waals surface area contributed by atoms with Crippen molar-refractivity contribution >= 4 is 21.7 Å². The number of halogens is 1. The minimum atomic E-state index is 0.449. The fraction of sp³-hybridized carbons (Fsp3) is 0.231. The van der Waals surface area contributed by atoms with Crippen molar-refractivity contribution < 1.29 is 0 Å². The van der Waals surface area contributed by atoms with Gasteiger partial charge in [0.05, 0.1) is 5.69 Å². The maximum Gasteiger partial charge on any atom is 0.140 e. The second-order valence-corrected chi connectivity index (χ2v) is 4.86. The van der Waals surface area contributed by atoms with Gasteiger partial charge in [0, 0.05) is 17.4 Å². The minimum absolute atomic E-state index is 0.449. The summed E-state index contributed by atoms with van der Waals surface area (Å²) in [5, 5.41) is 13.5. The summed E-state index contributed by atoms with van der Waals surface area (Å²) in [5.41, 5.74) is 8.19. The van der Waals surface area contributed by atoms with Gasteiger partial charge in [0.25, 0.3) is 0 Å². The van der Waals surface area contributed by atoms with Crippen LogP contribution in [-0.4, -0.2) is 9.78 Å². The second-order valence-electron chi connectivity index (χ2n) is 3.94. The Hall–Kier alpha value is -1.80. The standard InChI is InChI=1S/C13H13BrN4/c1-2-18-13(16)11(8-15)12(17-18)7-9-4-3-5-10(14)6-9/h3-6H,2,7,16H2,1H3. The Bertz CT molecular complexity index is 610. The smallest absolute Gasteiger partial charge is 0.140 e. The summed E-state index contributed by atoms with van der Waals surface area (Å²) in [6, 6.07) is 10.1. The van der Waals surface area contributed by atoms with Crippen LogP contribution in [0.25, 0.3) is 0 Å². The molecular formula is C13H13BrN4. The second kappa shape index (κ2) is 5.23. The lowest BCUT2D eigenvalue weighted by Gasteiger charge is -1.99. The number of hydrogen-bond donors (Lipinski definition) is 1. The van der Waals surface area contributed by atoms with Crippen LogP contribution in [0.2, 0.25) is 0 Å². The third kappa shape index (κ3) is 2.39. The van der Waals surface area contributed by atoms with Gasteiger partial charge < -0.3 is 5.73 Å². The molecule has 0 aliphatic carbocycles. The van der Waals surface area contributed by atoms with Crippen LogP contribution in [0.5, 0.6) is 0 Å². The summed E-state index contributed by atoms with van der Waals surface area (Å²) in [4.78, 5) is 0. The van der Waals surface area contributed by atoms with Crippen LogP contribution in [0.15, 0.2) is 28.7 Å². The molecule has 0 fully saturated rings. The molecule has 0 saturated carbocycles. The highest BCUT2D eigenvalue weighted by atomic mass is 79.9. The van der Waals surface area contributed by atoms with Gasteiger partial charge in [0.1, 0.15) is 17.5 Å². The van der Waals surface area contributed by atoms with Gasteiger partial charge in [-0.05, 0) is 24.6 Å². The SMILES string of the molecule is CCn1nc(Cc2cccc(Br)c2)c(C#N)c1N. The predicted molar refractivity (Wildman–Crippen MR) is 74.0 cm³/mol. The first-order chi connectivity index (χ1) is 8.65. The normalized spacial score (nSPS) is 10.3. The van der Waals surface area contributed by atoms with E-state index in [1.54, 1.807) is 4.68 Å². The first kappa shape index (κ1) is 12.7. The fourth-order valence-electron chi connectivity index (χ4n) is 1.85. The molecule has 0 saturated heterocycles. The number of nitrogens with two attached hydrogens (primary N) is 1. The summed E-state index contributed by atoms with van der Waals surface area (Å²) in [5.74, 6) is 0.449. The van der Waals surface area contributed by atoms with E-state index in [1.807, 2.05) is 31.2 Å². The van der Waals surface area contributed by atoms with E-state index < -0.39 is 0 Å². The van der Waals surface area contributed by atoms with Crippen molar-refractivity contribution in [2.45, 2.75) is 19.9 Å². The Morgan fingerprint density at radius 2 is 2.28 bits per heavy atom. The van der Waals surface area contributed by atoms with Gasteiger partial charge in [-0.2, -0.15) is 10.4 Å². The number of hydrogen-bond acceptors (Lipinski definition) is 3. The lowest BCUT2D eigenvalue weighted by atomic mass is 10.1. The zero-order valence-corrected chi connectivity index (χ0v) is 11.6. The Balaban J connectivity index is 2.38. The average molecular weight is 305 g/mol. The van der Waals surface area contributed by atoms with Gasteiger partial charge in [-0.1, -0.05) is 28.1 Å². The highest BCUT2D eigenvalue weighted by Crippen LogP contribution is 2.20. The number of benzene rings is 1. The van der Waals surface area contributed by atoms with E-state index in [2.05, 4.69) is 27.1 Å². The van der Waals surface area contributed by atoms with Crippen molar-refractivity contribution in [3.63, 3.8) is 0 Å². The maximum atomic E-state index is 9.15. The Morgan fingerprint density at radius 1 is 1.50 bits per heavy atom. The number of nitriles is 1. The molecule has 0 spiro atoms. The first-order valence-corrected chi connectivity index (χ1v) is 6.44. The zero-order chi connectivity index (χ0) is 13.1. The van der Waals surface area contributed by atoms with Crippen LogP contribution in [0.1, 0.15) is 23.7 Å². The molecule has 2 aromatic rings. The molecule has 18 heavy (non-hydrogen) atoms. The maximum absolute atomic E-state index is 9.15. The molecule has 0 aliphatic rings. The van der Waals surface area contributed by atoms with Crippen LogP contribution in [0.4, 0.5) is 5.82 Å². The molecule has 0 aliphatic heterocycles. The average Bonchev–Trinajstić information content (AvgIpc) is 2.65. The van der Waals surface area contributed by atoms with E-state index in [9.17, 15) is 0 Å². The first-order valence-electron chi connectivity index (χ1n) is 5.65. The third-order valence-electron chi connectivity index (χ3n) is 2.74. The summed E-state index contributed by atoms with van der Waals surface area (Å²) in [6.07, 6.45) is 0.611. The summed E-state index contributed by atoms with van der Waals surface area (Å²) in [7, 11) is 0. The molecule has 0 amide bonds. The topological polar surface area (TPSA) is 67.6 Å². The van der Waals surface area contributed by atoms with Crippen LogP contribution < -0.4 is 5.73 Å². The molecule has 1 heterocycles. The summed E-state index contributed by atoms with van der Waals surface area (Å²) in [6.45, 7) is 2.62. The molecule has 2 rings (SSSR count). The molecular weight excluding hydrogens is 292 g/mol. The third-order valence-corrected chi connectivity index (χ3v) is 3.23. The molecule has 5 heteroatoms. The quantitative estimate of drug-likeness (QED) is 0.948. The molecule has 1 aromatic carbocycles. The number of aryl methyl sites for hydroxylation is 1. The van der Waals surface area contributed by atoms with Gasteiger partial charge in [0.15, 0.2) is 0 Å².